The van der Waals surface area contributed by atoms with Gasteiger partial charge in [-0.25, -0.2) is 0 Å². The predicted octanol–water partition coefficient (Wildman–Crippen LogP) is 2.82. The van der Waals surface area contributed by atoms with E-state index in [4.69, 9.17) is 9.47 Å². The van der Waals surface area contributed by atoms with Gasteiger partial charge in [0, 0.05) is 6.42 Å². The number of rotatable bonds is 5. The van der Waals surface area contributed by atoms with Gasteiger partial charge < -0.3 is 9.47 Å². The predicted molar refractivity (Wildman–Crippen MR) is 128 cm³/mol. The highest BCUT2D eigenvalue weighted by Crippen LogP contribution is 2.28. The van der Waals surface area contributed by atoms with Crippen LogP contribution in [0.2, 0.25) is 0 Å². The van der Waals surface area contributed by atoms with Crippen LogP contribution in [0.3, 0.4) is 0 Å². The van der Waals surface area contributed by atoms with Crippen molar-refractivity contribution >= 4 is 33.1 Å². The van der Waals surface area contributed by atoms with Crippen LogP contribution < -0.4 is 25.1 Å². The van der Waals surface area contributed by atoms with E-state index >= 15 is 0 Å². The van der Waals surface area contributed by atoms with E-state index in [9.17, 15) is 9.59 Å². The van der Waals surface area contributed by atoms with Crippen LogP contribution >= 0.6 is 11.3 Å². The molecule has 0 atom stereocenters. The lowest BCUT2D eigenvalue weighted by atomic mass is 10.0. The first-order valence-electron chi connectivity index (χ1n) is 10.2. The molecule has 164 valence electrons. The molecule has 7 nitrogen and oxygen atoms in total. The first-order chi connectivity index (χ1) is 16.1. The zero-order valence-electron chi connectivity index (χ0n) is 17.9. The van der Waals surface area contributed by atoms with E-state index < -0.39 is 5.56 Å². The Morgan fingerprint density at radius 1 is 0.970 bits per heavy atom. The SMILES string of the molecule is COc1ccc(Cc2nn3c(=O)/c(=C/c4cccc5ccccc45)sc3nc2=O)cc1OC. The lowest BCUT2D eigenvalue weighted by Gasteiger charge is -2.09. The number of aromatic nitrogens is 3. The van der Waals surface area contributed by atoms with Crippen molar-refractivity contribution < 1.29 is 9.47 Å². The maximum absolute atomic E-state index is 13.1. The highest BCUT2D eigenvalue weighted by Gasteiger charge is 2.13. The van der Waals surface area contributed by atoms with Crippen LogP contribution in [0.4, 0.5) is 0 Å². The Kier molecular flexibility index (Phi) is 5.35. The van der Waals surface area contributed by atoms with Crippen LogP contribution in [0.1, 0.15) is 16.8 Å². The summed E-state index contributed by atoms with van der Waals surface area (Å²) in [6.07, 6.45) is 2.04. The maximum Gasteiger partial charge on any atom is 0.296 e. The van der Waals surface area contributed by atoms with Crippen LogP contribution in [0, 0.1) is 0 Å². The summed E-state index contributed by atoms with van der Waals surface area (Å²) < 4.78 is 12.3. The van der Waals surface area contributed by atoms with Crippen molar-refractivity contribution in [3.8, 4) is 11.5 Å². The molecule has 0 aliphatic heterocycles. The molecule has 0 spiro atoms. The van der Waals surface area contributed by atoms with Gasteiger partial charge in [0.05, 0.1) is 18.8 Å². The Morgan fingerprint density at radius 3 is 2.58 bits per heavy atom. The average molecular weight is 458 g/mol. The molecule has 33 heavy (non-hydrogen) atoms. The zero-order valence-corrected chi connectivity index (χ0v) is 18.8. The number of methoxy groups -OCH3 is 2. The fourth-order valence-electron chi connectivity index (χ4n) is 3.75. The van der Waals surface area contributed by atoms with Gasteiger partial charge in [-0.3, -0.25) is 9.59 Å². The molecule has 0 aliphatic carbocycles. The highest BCUT2D eigenvalue weighted by molar-refractivity contribution is 7.15. The van der Waals surface area contributed by atoms with Gasteiger partial charge in [-0.05, 0) is 40.1 Å². The van der Waals surface area contributed by atoms with Crippen LogP contribution in [-0.2, 0) is 6.42 Å². The number of benzene rings is 3. The maximum atomic E-state index is 13.1. The number of nitrogens with zero attached hydrogens (tertiary/aromatic N) is 3. The lowest BCUT2D eigenvalue weighted by Crippen LogP contribution is -2.28. The third-order valence-electron chi connectivity index (χ3n) is 5.38. The van der Waals surface area contributed by atoms with Crippen molar-refractivity contribution in [1.29, 1.82) is 0 Å². The summed E-state index contributed by atoms with van der Waals surface area (Å²) >= 11 is 1.15. The van der Waals surface area contributed by atoms with E-state index in [1.807, 2.05) is 54.6 Å². The first-order valence-corrected chi connectivity index (χ1v) is 11.0. The largest absolute Gasteiger partial charge is 0.493 e. The average Bonchev–Trinajstić information content (AvgIpc) is 3.13. The second-order valence-corrected chi connectivity index (χ2v) is 8.42. The highest BCUT2D eigenvalue weighted by atomic mass is 32.1. The molecule has 0 bridgehead atoms. The summed E-state index contributed by atoms with van der Waals surface area (Å²) in [5.74, 6) is 1.14. The number of fused-ring (bicyclic) bond motifs is 2. The van der Waals surface area contributed by atoms with E-state index in [0.717, 1.165) is 33.2 Å². The summed E-state index contributed by atoms with van der Waals surface area (Å²) in [4.78, 5) is 30.1. The van der Waals surface area contributed by atoms with E-state index in [-0.39, 0.29) is 22.6 Å². The fourth-order valence-corrected chi connectivity index (χ4v) is 4.65. The summed E-state index contributed by atoms with van der Waals surface area (Å²) in [7, 11) is 3.11. The van der Waals surface area contributed by atoms with E-state index in [2.05, 4.69) is 10.1 Å². The summed E-state index contributed by atoms with van der Waals surface area (Å²) in [6, 6.07) is 19.3. The number of thiazole rings is 1. The molecule has 5 aromatic rings. The van der Waals surface area contributed by atoms with Crippen molar-refractivity contribution in [3.63, 3.8) is 0 Å². The van der Waals surface area contributed by atoms with Gasteiger partial charge in [-0.2, -0.15) is 14.6 Å². The van der Waals surface area contributed by atoms with Crippen LogP contribution in [0.15, 0.2) is 70.3 Å². The van der Waals surface area contributed by atoms with Crippen molar-refractivity contribution in [2.75, 3.05) is 14.2 Å². The Hall–Kier alpha value is -4.04. The van der Waals surface area contributed by atoms with Gasteiger partial charge in [0.2, 0.25) is 4.96 Å². The minimum Gasteiger partial charge on any atom is -0.493 e. The molecule has 0 amide bonds. The van der Waals surface area contributed by atoms with Crippen molar-refractivity contribution in [1.82, 2.24) is 14.6 Å². The molecule has 0 unspecified atom stereocenters. The Balaban J connectivity index is 1.59. The summed E-state index contributed by atoms with van der Waals surface area (Å²) in [5, 5.41) is 6.47. The van der Waals surface area contributed by atoms with E-state index in [1.165, 1.54) is 4.52 Å². The van der Waals surface area contributed by atoms with Gasteiger partial charge in [-0.1, -0.05) is 59.9 Å². The standard InChI is InChI=1S/C25H19N3O4S/c1-31-20-11-10-15(13-21(20)32-2)12-19-23(29)26-25-28(27-19)24(30)22(33-25)14-17-8-5-7-16-6-3-4-9-18(16)17/h3-11,13-14H,12H2,1-2H3/b22-14-. The first kappa shape index (κ1) is 20.8. The molecule has 2 heterocycles. The van der Waals surface area contributed by atoms with Gasteiger partial charge >= 0.3 is 0 Å². The van der Waals surface area contributed by atoms with Crippen molar-refractivity contribution in [3.05, 3.63) is 103 Å². The Morgan fingerprint density at radius 2 is 1.76 bits per heavy atom. The molecule has 2 aromatic heterocycles. The number of hydrogen-bond acceptors (Lipinski definition) is 7. The zero-order chi connectivity index (χ0) is 22.9. The van der Waals surface area contributed by atoms with Crippen molar-refractivity contribution in [2.45, 2.75) is 6.42 Å². The second kappa shape index (κ2) is 8.48. The molecule has 0 aliphatic rings. The fraction of sp³-hybridized carbons (Fsp3) is 0.120. The van der Waals surface area contributed by atoms with Gasteiger partial charge in [-0.15, -0.1) is 0 Å². The van der Waals surface area contributed by atoms with E-state index in [0.29, 0.717) is 16.0 Å². The minimum atomic E-state index is -0.456. The summed E-state index contributed by atoms with van der Waals surface area (Å²) in [6.45, 7) is 0. The topological polar surface area (TPSA) is 82.8 Å². The minimum absolute atomic E-state index is 0.186. The van der Waals surface area contributed by atoms with Crippen LogP contribution in [0.5, 0.6) is 11.5 Å². The third-order valence-corrected chi connectivity index (χ3v) is 6.34. The quantitative estimate of drug-likeness (QED) is 0.404. The number of ether oxygens (including phenoxy) is 2. The Bertz CT molecular complexity index is 1670. The molecule has 0 saturated carbocycles. The Labute approximate surface area is 192 Å². The molecule has 0 N–H and O–H groups in total. The van der Waals surface area contributed by atoms with Gasteiger partial charge in [0.15, 0.2) is 11.5 Å². The molecule has 0 fully saturated rings. The molecule has 8 heteroatoms. The second-order valence-electron chi connectivity index (χ2n) is 7.41. The lowest BCUT2D eigenvalue weighted by molar-refractivity contribution is 0.354. The third kappa shape index (κ3) is 3.85. The monoisotopic (exact) mass is 457 g/mol. The molecule has 5 rings (SSSR count). The smallest absolute Gasteiger partial charge is 0.296 e. The van der Waals surface area contributed by atoms with Gasteiger partial charge in [0.1, 0.15) is 5.69 Å². The normalized spacial score (nSPS) is 11.9. The van der Waals surface area contributed by atoms with E-state index in [1.54, 1.807) is 26.4 Å². The number of hydrogen-bond donors (Lipinski definition) is 0. The molecule has 0 saturated heterocycles. The molecule has 3 aromatic carbocycles. The van der Waals surface area contributed by atoms with Crippen molar-refractivity contribution in [2.24, 2.45) is 0 Å². The molecular weight excluding hydrogens is 438 g/mol. The van der Waals surface area contributed by atoms with Crippen LogP contribution in [-0.4, -0.2) is 28.8 Å². The summed E-state index contributed by atoms with van der Waals surface area (Å²) in [5.41, 5.74) is 1.15. The molecule has 0 radical (unpaired) electrons. The van der Waals surface area contributed by atoms with Crippen LogP contribution in [0.25, 0.3) is 21.8 Å². The van der Waals surface area contributed by atoms with Gasteiger partial charge in [0.25, 0.3) is 11.1 Å². The molecular formula is C25H19N3O4S.